The molecule has 0 radical (unpaired) electrons. The van der Waals surface area contributed by atoms with Crippen LogP contribution < -0.4 is 10.5 Å². The molecule has 0 bridgehead atoms. The molecule has 0 spiro atoms. The van der Waals surface area contributed by atoms with E-state index in [1.165, 1.54) is 49.9 Å². The van der Waals surface area contributed by atoms with Crippen molar-refractivity contribution in [2.45, 2.75) is 68.9 Å². The lowest BCUT2D eigenvalue weighted by atomic mass is 9.95. The van der Waals surface area contributed by atoms with Gasteiger partial charge in [-0.05, 0) is 43.2 Å². The highest BCUT2D eigenvalue weighted by atomic mass is 32.2. The van der Waals surface area contributed by atoms with Crippen molar-refractivity contribution in [3.8, 4) is 0 Å². The molecule has 3 N–H and O–H groups in total. The number of unbranched alkanes of at least 4 members (excludes halogenated alkanes) is 5. The zero-order chi connectivity index (χ0) is 17.0. The second-order valence-corrected chi connectivity index (χ2v) is 9.07. The first-order valence-electron chi connectivity index (χ1n) is 8.83. The van der Waals surface area contributed by atoms with Crippen molar-refractivity contribution in [2.75, 3.05) is 13.1 Å². The van der Waals surface area contributed by atoms with E-state index < -0.39 is 10.0 Å². The number of rotatable bonds is 14. The van der Waals surface area contributed by atoms with Crippen molar-refractivity contribution in [1.82, 2.24) is 4.72 Å². The molecule has 0 saturated heterocycles. The van der Waals surface area contributed by atoms with Gasteiger partial charge in [0.15, 0.2) is 0 Å². The summed E-state index contributed by atoms with van der Waals surface area (Å²) in [5, 5.41) is 1.78. The van der Waals surface area contributed by atoms with Crippen molar-refractivity contribution in [2.24, 2.45) is 11.7 Å². The lowest BCUT2D eigenvalue weighted by Crippen LogP contribution is -2.24. The maximum absolute atomic E-state index is 12.0. The van der Waals surface area contributed by atoms with Gasteiger partial charge in [0.1, 0.15) is 4.21 Å². The summed E-state index contributed by atoms with van der Waals surface area (Å²) in [5.74, 6) is 0.588. The summed E-state index contributed by atoms with van der Waals surface area (Å²) in [6, 6.07) is 3.39. The third kappa shape index (κ3) is 8.84. The summed E-state index contributed by atoms with van der Waals surface area (Å²) >= 11 is 1.25. The Balaban J connectivity index is 2.10. The first kappa shape index (κ1) is 20.6. The van der Waals surface area contributed by atoms with Crippen LogP contribution in [0.15, 0.2) is 21.7 Å². The Morgan fingerprint density at radius 1 is 1.13 bits per heavy atom. The molecule has 1 aromatic rings. The summed E-state index contributed by atoms with van der Waals surface area (Å²) in [5.41, 5.74) is 5.85. The van der Waals surface area contributed by atoms with E-state index in [9.17, 15) is 8.42 Å². The van der Waals surface area contributed by atoms with Crippen LogP contribution in [-0.4, -0.2) is 21.5 Å². The van der Waals surface area contributed by atoms with Crippen molar-refractivity contribution >= 4 is 21.4 Å². The predicted molar refractivity (Wildman–Crippen MR) is 99.3 cm³/mol. The van der Waals surface area contributed by atoms with Crippen LogP contribution in [-0.2, 0) is 10.0 Å². The molecule has 6 heteroatoms. The molecule has 134 valence electrons. The number of hydrogen-bond donors (Lipinski definition) is 2. The molecule has 0 aliphatic carbocycles. The number of nitrogens with two attached hydrogens (primary N) is 1. The Morgan fingerprint density at radius 2 is 1.83 bits per heavy atom. The Hall–Kier alpha value is -0.430. The minimum atomic E-state index is -3.30. The van der Waals surface area contributed by atoms with E-state index in [2.05, 4.69) is 11.6 Å². The SMILES string of the molecule is CCCCCCCC(CN)CCCCNS(=O)(=O)c1cccs1. The molecule has 23 heavy (non-hydrogen) atoms. The van der Waals surface area contributed by atoms with Crippen molar-refractivity contribution < 1.29 is 8.42 Å². The summed E-state index contributed by atoms with van der Waals surface area (Å²) in [6.07, 6.45) is 10.7. The maximum atomic E-state index is 12.0. The van der Waals surface area contributed by atoms with Gasteiger partial charge in [-0.2, -0.15) is 0 Å². The van der Waals surface area contributed by atoms with E-state index in [1.54, 1.807) is 17.5 Å². The van der Waals surface area contributed by atoms with Gasteiger partial charge in [-0.3, -0.25) is 0 Å². The first-order valence-corrected chi connectivity index (χ1v) is 11.2. The predicted octanol–water partition coefficient (Wildman–Crippen LogP) is 4.13. The number of hydrogen-bond acceptors (Lipinski definition) is 4. The zero-order valence-corrected chi connectivity index (χ0v) is 15.9. The topological polar surface area (TPSA) is 72.2 Å². The minimum absolute atomic E-state index is 0.393. The van der Waals surface area contributed by atoms with Gasteiger partial charge in [0.05, 0.1) is 0 Å². The average molecular weight is 361 g/mol. The molecule has 0 fully saturated rings. The van der Waals surface area contributed by atoms with E-state index in [4.69, 9.17) is 5.73 Å². The molecular weight excluding hydrogens is 328 g/mol. The third-order valence-electron chi connectivity index (χ3n) is 4.14. The molecule has 0 aliphatic rings. The summed E-state index contributed by atoms with van der Waals surface area (Å²) in [4.78, 5) is 0. The number of thiophene rings is 1. The lowest BCUT2D eigenvalue weighted by Gasteiger charge is -2.14. The molecule has 0 aromatic carbocycles. The molecule has 1 atom stereocenters. The van der Waals surface area contributed by atoms with Gasteiger partial charge >= 0.3 is 0 Å². The average Bonchev–Trinajstić information content (AvgIpc) is 3.07. The number of sulfonamides is 1. The molecule has 0 aliphatic heterocycles. The second-order valence-electron chi connectivity index (χ2n) is 6.13. The van der Waals surface area contributed by atoms with E-state index in [0.29, 0.717) is 16.7 Å². The van der Waals surface area contributed by atoms with Crippen LogP contribution in [0, 0.1) is 5.92 Å². The lowest BCUT2D eigenvalue weighted by molar-refractivity contribution is 0.416. The Bertz CT molecular complexity index is 487. The largest absolute Gasteiger partial charge is 0.330 e. The molecule has 1 heterocycles. The van der Waals surface area contributed by atoms with Gasteiger partial charge in [-0.15, -0.1) is 11.3 Å². The van der Waals surface area contributed by atoms with Gasteiger partial charge in [-0.1, -0.05) is 51.5 Å². The van der Waals surface area contributed by atoms with Crippen molar-refractivity contribution in [3.05, 3.63) is 17.5 Å². The summed E-state index contributed by atoms with van der Waals surface area (Å²) in [7, 11) is -3.30. The van der Waals surface area contributed by atoms with Gasteiger partial charge in [0, 0.05) is 6.54 Å². The Morgan fingerprint density at radius 3 is 2.43 bits per heavy atom. The van der Waals surface area contributed by atoms with Gasteiger partial charge in [-0.25, -0.2) is 13.1 Å². The Labute approximate surface area is 145 Å². The summed E-state index contributed by atoms with van der Waals surface area (Å²) < 4.78 is 27.0. The van der Waals surface area contributed by atoms with Crippen molar-refractivity contribution in [1.29, 1.82) is 0 Å². The van der Waals surface area contributed by atoms with Crippen LogP contribution >= 0.6 is 11.3 Å². The monoisotopic (exact) mass is 360 g/mol. The molecule has 0 amide bonds. The molecule has 1 unspecified atom stereocenters. The normalized spacial score (nSPS) is 13.3. The van der Waals surface area contributed by atoms with E-state index in [0.717, 1.165) is 25.8 Å². The Kier molecular flexibility index (Phi) is 10.8. The van der Waals surface area contributed by atoms with E-state index in [-0.39, 0.29) is 0 Å². The first-order chi connectivity index (χ1) is 11.1. The van der Waals surface area contributed by atoms with Crippen LogP contribution in [0.25, 0.3) is 0 Å². The van der Waals surface area contributed by atoms with Crippen LogP contribution in [0.1, 0.15) is 64.7 Å². The van der Waals surface area contributed by atoms with Gasteiger partial charge < -0.3 is 5.73 Å². The highest BCUT2D eigenvalue weighted by Gasteiger charge is 2.14. The van der Waals surface area contributed by atoms with Crippen LogP contribution in [0.2, 0.25) is 0 Å². The van der Waals surface area contributed by atoms with Crippen LogP contribution in [0.5, 0.6) is 0 Å². The molecular formula is C17H32N2O2S2. The van der Waals surface area contributed by atoms with E-state index >= 15 is 0 Å². The van der Waals surface area contributed by atoms with Crippen LogP contribution in [0.3, 0.4) is 0 Å². The van der Waals surface area contributed by atoms with Crippen molar-refractivity contribution in [3.63, 3.8) is 0 Å². The van der Waals surface area contributed by atoms with Gasteiger partial charge in [0.2, 0.25) is 10.0 Å². The highest BCUT2D eigenvalue weighted by Crippen LogP contribution is 2.17. The molecule has 4 nitrogen and oxygen atoms in total. The fourth-order valence-electron chi connectivity index (χ4n) is 2.67. The molecule has 1 aromatic heterocycles. The fraction of sp³-hybridized carbons (Fsp3) is 0.765. The summed E-state index contributed by atoms with van der Waals surface area (Å²) in [6.45, 7) is 3.48. The number of nitrogens with one attached hydrogen (secondary N) is 1. The molecule has 0 saturated carbocycles. The fourth-order valence-corrected chi connectivity index (χ4v) is 4.78. The molecule has 1 rings (SSSR count). The minimum Gasteiger partial charge on any atom is -0.330 e. The highest BCUT2D eigenvalue weighted by molar-refractivity contribution is 7.91. The second kappa shape index (κ2) is 12.0. The van der Waals surface area contributed by atoms with Gasteiger partial charge in [0.25, 0.3) is 0 Å². The smallest absolute Gasteiger partial charge is 0.250 e. The third-order valence-corrected chi connectivity index (χ3v) is 7.00. The standard InChI is InChI=1S/C17H32N2O2S2/c1-2-3-4-5-6-10-16(15-18)11-7-8-13-19-23(20,21)17-12-9-14-22-17/h9,12,14,16,19H,2-8,10-11,13,15,18H2,1H3. The van der Waals surface area contributed by atoms with Crippen LogP contribution in [0.4, 0.5) is 0 Å². The maximum Gasteiger partial charge on any atom is 0.250 e. The zero-order valence-electron chi connectivity index (χ0n) is 14.3. The quantitative estimate of drug-likeness (QED) is 0.490. The van der Waals surface area contributed by atoms with E-state index in [1.807, 2.05) is 0 Å².